The Morgan fingerprint density at radius 1 is 1.24 bits per heavy atom. The first kappa shape index (κ1) is 15.8. The third-order valence-electron chi connectivity index (χ3n) is 4.09. The molecule has 1 fully saturated rings. The highest BCUT2D eigenvalue weighted by Crippen LogP contribution is 2.19. The number of hydrogen-bond acceptors (Lipinski definition) is 4. The van der Waals surface area contributed by atoms with Crippen molar-refractivity contribution >= 4 is 5.97 Å². The van der Waals surface area contributed by atoms with Crippen molar-refractivity contribution in [2.24, 2.45) is 5.92 Å². The number of hydrogen-bond donors (Lipinski definition) is 0. The second-order valence-corrected chi connectivity index (χ2v) is 5.78. The summed E-state index contributed by atoms with van der Waals surface area (Å²) in [6.45, 7) is 3.14. The lowest BCUT2D eigenvalue weighted by atomic mass is 9.98. The van der Waals surface area contributed by atoms with Crippen molar-refractivity contribution in [2.75, 3.05) is 33.9 Å². The van der Waals surface area contributed by atoms with E-state index in [0.29, 0.717) is 18.8 Å². The number of rotatable bonds is 6. The quantitative estimate of drug-likeness (QED) is 0.755. The molecule has 1 aliphatic rings. The van der Waals surface area contributed by atoms with Crippen LogP contribution < -0.4 is 4.74 Å². The second kappa shape index (κ2) is 8.03. The van der Waals surface area contributed by atoms with Crippen LogP contribution >= 0.6 is 0 Å². The molecule has 0 aromatic heterocycles. The van der Waals surface area contributed by atoms with E-state index in [1.54, 1.807) is 0 Å². The van der Waals surface area contributed by atoms with Gasteiger partial charge in [0.05, 0.1) is 13.7 Å². The van der Waals surface area contributed by atoms with E-state index in [1.165, 1.54) is 33.0 Å². The third-order valence-corrected chi connectivity index (χ3v) is 4.09. The minimum atomic E-state index is -0.169. The van der Waals surface area contributed by atoms with E-state index in [4.69, 9.17) is 4.74 Å². The predicted molar refractivity (Wildman–Crippen MR) is 82.5 cm³/mol. The highest BCUT2D eigenvalue weighted by Gasteiger charge is 2.17. The van der Waals surface area contributed by atoms with E-state index >= 15 is 0 Å². The first-order valence-corrected chi connectivity index (χ1v) is 7.64. The van der Waals surface area contributed by atoms with Gasteiger partial charge in [0.15, 0.2) is 0 Å². The molecule has 0 atom stereocenters. The van der Waals surface area contributed by atoms with Crippen LogP contribution in [0.2, 0.25) is 0 Å². The molecule has 21 heavy (non-hydrogen) atoms. The number of piperidine rings is 1. The van der Waals surface area contributed by atoms with Crippen LogP contribution in [0, 0.1) is 5.92 Å². The molecule has 1 heterocycles. The number of ether oxygens (including phenoxy) is 2. The van der Waals surface area contributed by atoms with Crippen LogP contribution in [0.3, 0.4) is 0 Å². The van der Waals surface area contributed by atoms with Crippen molar-refractivity contribution in [3.8, 4) is 5.75 Å². The molecular weight excluding hydrogens is 266 g/mol. The van der Waals surface area contributed by atoms with Gasteiger partial charge >= 0.3 is 5.97 Å². The fraction of sp³-hybridized carbons (Fsp3) is 0.588. The highest BCUT2D eigenvalue weighted by atomic mass is 16.5. The predicted octanol–water partition coefficient (Wildman–Crippen LogP) is 2.51. The van der Waals surface area contributed by atoms with Crippen molar-refractivity contribution in [1.29, 1.82) is 0 Å². The monoisotopic (exact) mass is 291 g/mol. The number of aryl methyl sites for hydroxylation is 1. The molecule has 2 rings (SSSR count). The Morgan fingerprint density at radius 3 is 2.52 bits per heavy atom. The number of carbonyl (C=O) groups excluding carboxylic acids is 1. The standard InChI is InChI=1S/C17H25NO3/c1-18-11-9-15(10-12-18)13-21-16-6-3-14(4-7-16)5-8-17(19)20-2/h3-4,6-7,15H,5,8-13H2,1-2H3. The SMILES string of the molecule is COC(=O)CCc1ccc(OCC2CCN(C)CC2)cc1. The lowest BCUT2D eigenvalue weighted by molar-refractivity contribution is -0.140. The molecule has 0 unspecified atom stereocenters. The lowest BCUT2D eigenvalue weighted by Crippen LogP contribution is -2.32. The van der Waals surface area contributed by atoms with Gasteiger partial charge in [-0.05, 0) is 63.0 Å². The van der Waals surface area contributed by atoms with Crippen LogP contribution in [-0.2, 0) is 16.0 Å². The van der Waals surface area contributed by atoms with Crippen LogP contribution in [-0.4, -0.2) is 44.7 Å². The number of esters is 1. The highest BCUT2D eigenvalue weighted by molar-refractivity contribution is 5.69. The fourth-order valence-electron chi connectivity index (χ4n) is 2.54. The van der Waals surface area contributed by atoms with Crippen molar-refractivity contribution < 1.29 is 14.3 Å². The van der Waals surface area contributed by atoms with Crippen LogP contribution in [0.4, 0.5) is 0 Å². The maximum atomic E-state index is 11.1. The van der Waals surface area contributed by atoms with E-state index < -0.39 is 0 Å². The molecule has 0 radical (unpaired) electrons. The zero-order valence-corrected chi connectivity index (χ0v) is 13.0. The summed E-state index contributed by atoms with van der Waals surface area (Å²) >= 11 is 0. The van der Waals surface area contributed by atoms with Crippen molar-refractivity contribution in [3.63, 3.8) is 0 Å². The van der Waals surface area contributed by atoms with Gasteiger partial charge in [0.1, 0.15) is 5.75 Å². The summed E-state index contributed by atoms with van der Waals surface area (Å²) in [5, 5.41) is 0. The summed E-state index contributed by atoms with van der Waals surface area (Å²) in [7, 11) is 3.59. The summed E-state index contributed by atoms with van der Waals surface area (Å²) in [5.74, 6) is 1.41. The molecule has 4 heteroatoms. The largest absolute Gasteiger partial charge is 0.493 e. The van der Waals surface area contributed by atoms with Gasteiger partial charge in [-0.3, -0.25) is 4.79 Å². The topological polar surface area (TPSA) is 38.8 Å². The average molecular weight is 291 g/mol. The Morgan fingerprint density at radius 2 is 1.90 bits per heavy atom. The Hall–Kier alpha value is -1.55. The minimum absolute atomic E-state index is 0.169. The number of benzene rings is 1. The van der Waals surface area contributed by atoms with Gasteiger partial charge in [0.2, 0.25) is 0 Å². The molecule has 1 saturated heterocycles. The summed E-state index contributed by atoms with van der Waals surface area (Å²) < 4.78 is 10.5. The van der Waals surface area contributed by atoms with Crippen LogP contribution in [0.5, 0.6) is 5.75 Å². The van der Waals surface area contributed by atoms with E-state index in [0.717, 1.165) is 17.9 Å². The van der Waals surface area contributed by atoms with E-state index in [9.17, 15) is 4.79 Å². The molecule has 1 aliphatic heterocycles. The smallest absolute Gasteiger partial charge is 0.305 e. The fourth-order valence-corrected chi connectivity index (χ4v) is 2.54. The van der Waals surface area contributed by atoms with Crippen molar-refractivity contribution in [2.45, 2.75) is 25.7 Å². The molecule has 4 nitrogen and oxygen atoms in total. The Kier molecular flexibility index (Phi) is 6.05. The molecule has 0 amide bonds. The van der Waals surface area contributed by atoms with Crippen LogP contribution in [0.25, 0.3) is 0 Å². The van der Waals surface area contributed by atoms with Gasteiger partial charge in [-0.1, -0.05) is 12.1 Å². The first-order valence-electron chi connectivity index (χ1n) is 7.64. The molecule has 0 aliphatic carbocycles. The maximum absolute atomic E-state index is 11.1. The van der Waals surface area contributed by atoms with Gasteiger partial charge in [0, 0.05) is 6.42 Å². The summed E-state index contributed by atoms with van der Waals surface area (Å²) in [6.07, 6.45) is 3.57. The summed E-state index contributed by atoms with van der Waals surface area (Å²) in [6, 6.07) is 8.02. The minimum Gasteiger partial charge on any atom is -0.493 e. The molecule has 0 N–H and O–H groups in total. The Bertz CT molecular complexity index is 436. The first-order chi connectivity index (χ1) is 10.2. The third kappa shape index (κ3) is 5.38. The molecule has 0 saturated carbocycles. The van der Waals surface area contributed by atoms with Crippen molar-refractivity contribution in [1.82, 2.24) is 4.90 Å². The zero-order chi connectivity index (χ0) is 15.1. The number of methoxy groups -OCH3 is 1. The molecular formula is C17H25NO3. The van der Waals surface area contributed by atoms with Crippen LogP contribution in [0.1, 0.15) is 24.8 Å². The van der Waals surface area contributed by atoms with E-state index in [2.05, 4.69) is 16.7 Å². The number of likely N-dealkylation sites (tertiary alicyclic amines) is 1. The molecule has 1 aromatic rings. The van der Waals surface area contributed by atoms with Crippen molar-refractivity contribution in [3.05, 3.63) is 29.8 Å². The summed E-state index contributed by atoms with van der Waals surface area (Å²) in [4.78, 5) is 13.5. The van der Waals surface area contributed by atoms with Crippen LogP contribution in [0.15, 0.2) is 24.3 Å². The molecule has 0 bridgehead atoms. The normalized spacial score (nSPS) is 16.7. The Labute approximate surface area is 127 Å². The van der Waals surface area contributed by atoms with E-state index in [-0.39, 0.29) is 5.97 Å². The maximum Gasteiger partial charge on any atom is 0.305 e. The van der Waals surface area contributed by atoms with Gasteiger partial charge in [-0.25, -0.2) is 0 Å². The Balaban J connectivity index is 1.73. The summed E-state index contributed by atoms with van der Waals surface area (Å²) in [5.41, 5.74) is 1.13. The second-order valence-electron chi connectivity index (χ2n) is 5.78. The molecule has 116 valence electrons. The zero-order valence-electron chi connectivity index (χ0n) is 13.0. The number of nitrogens with zero attached hydrogens (tertiary/aromatic N) is 1. The van der Waals surface area contributed by atoms with Gasteiger partial charge < -0.3 is 14.4 Å². The van der Waals surface area contributed by atoms with Gasteiger partial charge in [-0.15, -0.1) is 0 Å². The lowest BCUT2D eigenvalue weighted by Gasteiger charge is -2.28. The van der Waals surface area contributed by atoms with Gasteiger partial charge in [0.25, 0.3) is 0 Å². The van der Waals surface area contributed by atoms with Gasteiger partial charge in [-0.2, -0.15) is 0 Å². The number of carbonyl (C=O) groups is 1. The average Bonchev–Trinajstić information content (AvgIpc) is 2.53. The molecule has 1 aromatic carbocycles. The van der Waals surface area contributed by atoms with E-state index in [1.807, 2.05) is 24.3 Å². The molecule has 0 spiro atoms.